The second-order valence-corrected chi connectivity index (χ2v) is 7.60. The molecule has 2 rings (SSSR count). The summed E-state index contributed by atoms with van der Waals surface area (Å²) in [6.07, 6.45) is 0. The fourth-order valence-corrected chi connectivity index (χ4v) is 3.75. The third-order valence-electron chi connectivity index (χ3n) is 3.69. The van der Waals surface area contributed by atoms with E-state index in [0.29, 0.717) is 26.3 Å². The Labute approximate surface area is 152 Å². The third-order valence-corrected chi connectivity index (χ3v) is 5.35. The molecule has 0 unspecified atom stereocenters. The first kappa shape index (κ1) is 19.9. The molecule has 25 heavy (non-hydrogen) atoms. The van der Waals surface area contributed by atoms with Gasteiger partial charge < -0.3 is 14.8 Å². The number of hydrogen-bond acceptors (Lipinski definition) is 6. The molecule has 1 aromatic carbocycles. The van der Waals surface area contributed by atoms with Gasteiger partial charge in [0.2, 0.25) is 15.9 Å². The maximum absolute atomic E-state index is 12.3. The van der Waals surface area contributed by atoms with Crippen molar-refractivity contribution in [2.75, 3.05) is 53.0 Å². The van der Waals surface area contributed by atoms with E-state index in [-0.39, 0.29) is 22.2 Å². The number of sulfonamides is 1. The van der Waals surface area contributed by atoms with E-state index in [1.807, 2.05) is 0 Å². The lowest BCUT2D eigenvalue weighted by molar-refractivity contribution is -0.120. The van der Waals surface area contributed by atoms with E-state index in [2.05, 4.69) is 14.9 Å². The van der Waals surface area contributed by atoms with Crippen molar-refractivity contribution in [3.8, 4) is 5.75 Å². The Bertz CT molecular complexity index is 692. The van der Waals surface area contributed by atoms with E-state index in [0.717, 1.165) is 13.1 Å². The van der Waals surface area contributed by atoms with Crippen molar-refractivity contribution in [2.24, 2.45) is 0 Å². The number of halogens is 1. The first-order chi connectivity index (χ1) is 11.9. The molecule has 1 heterocycles. The molecule has 0 spiro atoms. The largest absolute Gasteiger partial charge is 0.495 e. The normalized spacial score (nSPS) is 15.8. The van der Waals surface area contributed by atoms with E-state index in [1.54, 1.807) is 0 Å². The van der Waals surface area contributed by atoms with Crippen molar-refractivity contribution in [2.45, 2.75) is 4.90 Å². The van der Waals surface area contributed by atoms with Gasteiger partial charge in [0, 0.05) is 31.2 Å². The number of amides is 1. The van der Waals surface area contributed by atoms with E-state index < -0.39 is 15.9 Å². The molecule has 1 amide bonds. The smallest absolute Gasteiger partial charge is 0.244 e. The minimum absolute atomic E-state index is 0.108. The molecule has 0 aliphatic carbocycles. The highest BCUT2D eigenvalue weighted by atomic mass is 35.5. The molecule has 8 nitrogen and oxygen atoms in total. The standard InChI is InChI=1S/C15H22ClN3O5S/c1-23-13-3-2-12(16)10-14(13)25(21,22)18-11-15(20)17-4-5-19-6-8-24-9-7-19/h2-3,10,18H,4-9,11H2,1H3,(H,17,20). The van der Waals surface area contributed by atoms with Crippen molar-refractivity contribution in [3.63, 3.8) is 0 Å². The summed E-state index contributed by atoms with van der Waals surface area (Å²) in [5, 5.41) is 2.95. The van der Waals surface area contributed by atoms with Gasteiger partial charge >= 0.3 is 0 Å². The molecule has 1 saturated heterocycles. The number of benzene rings is 1. The topological polar surface area (TPSA) is 97.0 Å². The van der Waals surface area contributed by atoms with Gasteiger partial charge in [-0.15, -0.1) is 0 Å². The van der Waals surface area contributed by atoms with Gasteiger partial charge in [-0.1, -0.05) is 11.6 Å². The van der Waals surface area contributed by atoms with Gasteiger partial charge in [-0.05, 0) is 18.2 Å². The summed E-state index contributed by atoms with van der Waals surface area (Å²) in [6.45, 7) is 3.82. The zero-order chi connectivity index (χ0) is 18.3. The number of rotatable bonds is 8. The Morgan fingerprint density at radius 1 is 1.36 bits per heavy atom. The van der Waals surface area contributed by atoms with Crippen molar-refractivity contribution < 1.29 is 22.7 Å². The van der Waals surface area contributed by atoms with E-state index in [1.165, 1.54) is 25.3 Å². The van der Waals surface area contributed by atoms with Crippen molar-refractivity contribution in [1.82, 2.24) is 14.9 Å². The van der Waals surface area contributed by atoms with Crippen molar-refractivity contribution in [3.05, 3.63) is 23.2 Å². The van der Waals surface area contributed by atoms with Gasteiger partial charge in [0.05, 0.1) is 26.9 Å². The van der Waals surface area contributed by atoms with Gasteiger partial charge in [0.15, 0.2) is 0 Å². The van der Waals surface area contributed by atoms with Crippen LogP contribution in [-0.2, 0) is 19.6 Å². The SMILES string of the molecule is COc1ccc(Cl)cc1S(=O)(=O)NCC(=O)NCCN1CCOCC1. The van der Waals surface area contributed by atoms with Crippen LogP contribution in [0.1, 0.15) is 0 Å². The summed E-state index contributed by atoms with van der Waals surface area (Å²) in [6, 6.07) is 4.26. The number of methoxy groups -OCH3 is 1. The van der Waals surface area contributed by atoms with Gasteiger partial charge in [-0.25, -0.2) is 13.1 Å². The predicted octanol–water partition coefficient (Wildman–Crippen LogP) is 0.0753. The summed E-state index contributed by atoms with van der Waals surface area (Å²) in [7, 11) is -2.55. The van der Waals surface area contributed by atoms with Crippen LogP contribution in [0.4, 0.5) is 0 Å². The number of carbonyl (C=O) groups is 1. The first-order valence-electron chi connectivity index (χ1n) is 7.82. The van der Waals surface area contributed by atoms with Crippen LogP contribution in [0.15, 0.2) is 23.1 Å². The lowest BCUT2D eigenvalue weighted by atomic mass is 10.3. The molecule has 1 fully saturated rings. The molecule has 1 aromatic rings. The average molecular weight is 392 g/mol. The fourth-order valence-electron chi connectivity index (χ4n) is 2.34. The molecular weight excluding hydrogens is 370 g/mol. The molecular formula is C15H22ClN3O5S. The number of hydrogen-bond donors (Lipinski definition) is 2. The first-order valence-corrected chi connectivity index (χ1v) is 9.68. The Hall–Kier alpha value is -1.39. The van der Waals surface area contributed by atoms with Crippen LogP contribution in [0, 0.1) is 0 Å². The minimum Gasteiger partial charge on any atom is -0.495 e. The van der Waals surface area contributed by atoms with E-state index >= 15 is 0 Å². The molecule has 1 aliphatic rings. The number of nitrogens with zero attached hydrogens (tertiary/aromatic N) is 1. The zero-order valence-corrected chi connectivity index (χ0v) is 15.5. The monoisotopic (exact) mass is 391 g/mol. The predicted molar refractivity (Wildman–Crippen MR) is 93.5 cm³/mol. The van der Waals surface area contributed by atoms with Crippen LogP contribution in [0.2, 0.25) is 5.02 Å². The second kappa shape index (κ2) is 9.35. The van der Waals surface area contributed by atoms with Crippen LogP contribution in [0.5, 0.6) is 5.75 Å². The highest BCUT2D eigenvalue weighted by Crippen LogP contribution is 2.26. The highest BCUT2D eigenvalue weighted by molar-refractivity contribution is 7.89. The molecule has 0 saturated carbocycles. The van der Waals surface area contributed by atoms with Crippen LogP contribution in [0.3, 0.4) is 0 Å². The number of ether oxygens (including phenoxy) is 2. The number of nitrogens with one attached hydrogen (secondary N) is 2. The number of carbonyl (C=O) groups excluding carboxylic acids is 1. The van der Waals surface area contributed by atoms with Crippen LogP contribution < -0.4 is 14.8 Å². The Kier molecular flexibility index (Phi) is 7.45. The second-order valence-electron chi connectivity index (χ2n) is 5.42. The molecule has 0 radical (unpaired) electrons. The van der Waals surface area contributed by atoms with Gasteiger partial charge in [0.1, 0.15) is 10.6 Å². The Morgan fingerprint density at radius 2 is 2.08 bits per heavy atom. The molecule has 0 aromatic heterocycles. The number of morpholine rings is 1. The Balaban J connectivity index is 1.82. The zero-order valence-electron chi connectivity index (χ0n) is 14.0. The molecule has 10 heteroatoms. The highest BCUT2D eigenvalue weighted by Gasteiger charge is 2.21. The summed E-state index contributed by atoms with van der Waals surface area (Å²) >= 11 is 5.84. The van der Waals surface area contributed by atoms with Gasteiger partial charge in [0.25, 0.3) is 0 Å². The van der Waals surface area contributed by atoms with Crippen LogP contribution in [-0.4, -0.2) is 72.3 Å². The lowest BCUT2D eigenvalue weighted by Crippen LogP contribution is -2.43. The van der Waals surface area contributed by atoms with Gasteiger partial charge in [-0.2, -0.15) is 0 Å². The van der Waals surface area contributed by atoms with E-state index in [4.69, 9.17) is 21.1 Å². The van der Waals surface area contributed by atoms with Crippen molar-refractivity contribution >= 4 is 27.5 Å². The molecule has 0 bridgehead atoms. The lowest BCUT2D eigenvalue weighted by Gasteiger charge is -2.26. The third kappa shape index (κ3) is 6.12. The maximum Gasteiger partial charge on any atom is 0.244 e. The summed E-state index contributed by atoms with van der Waals surface area (Å²) in [4.78, 5) is 13.9. The Morgan fingerprint density at radius 3 is 2.76 bits per heavy atom. The molecule has 0 atom stereocenters. The molecule has 1 aliphatic heterocycles. The minimum atomic E-state index is -3.91. The van der Waals surface area contributed by atoms with E-state index in [9.17, 15) is 13.2 Å². The van der Waals surface area contributed by atoms with Crippen molar-refractivity contribution in [1.29, 1.82) is 0 Å². The quantitative estimate of drug-likeness (QED) is 0.651. The molecule has 140 valence electrons. The summed E-state index contributed by atoms with van der Waals surface area (Å²) in [5.74, 6) is -0.248. The van der Waals surface area contributed by atoms with Crippen LogP contribution in [0.25, 0.3) is 0 Å². The van der Waals surface area contributed by atoms with Gasteiger partial charge in [-0.3, -0.25) is 9.69 Å². The molecule has 2 N–H and O–H groups in total. The fraction of sp³-hybridized carbons (Fsp3) is 0.533. The maximum atomic E-state index is 12.3. The summed E-state index contributed by atoms with van der Waals surface area (Å²) in [5.41, 5.74) is 0. The summed E-state index contributed by atoms with van der Waals surface area (Å²) < 4.78 is 37.2. The average Bonchev–Trinajstić information content (AvgIpc) is 2.61. The van der Waals surface area contributed by atoms with Crippen LogP contribution >= 0.6 is 11.6 Å².